The Bertz CT molecular complexity index is 1280. The number of esters is 1. The minimum Gasteiger partial charge on any atom is -0.494 e. The van der Waals surface area contributed by atoms with Gasteiger partial charge in [0.2, 0.25) is 0 Å². The standard InChI is InChI=1S/C31H37NO7/c1-6-37-13-14-39-31(34)28-19(3)32-24-16-22(20-11-12-26(35-4)27(18-20)36-5)17-25(33)30(24)29(28)21-9-8-10-23(15-21)38-7-2/h8-12,15,18,22,29,32H,6-7,13-14,16-17H2,1-5H3/t22-,29+/m1/s1. The monoisotopic (exact) mass is 535 g/mol. The fourth-order valence-electron chi connectivity index (χ4n) is 5.35. The minimum atomic E-state index is -0.569. The Labute approximate surface area is 229 Å². The van der Waals surface area contributed by atoms with Gasteiger partial charge in [0.25, 0.3) is 0 Å². The van der Waals surface area contributed by atoms with E-state index in [1.807, 2.05) is 63.2 Å². The van der Waals surface area contributed by atoms with Crippen molar-refractivity contribution in [2.24, 2.45) is 0 Å². The van der Waals surface area contributed by atoms with Crippen LogP contribution in [0.3, 0.4) is 0 Å². The lowest BCUT2D eigenvalue weighted by molar-refractivity contribution is -0.140. The summed E-state index contributed by atoms with van der Waals surface area (Å²) in [4.78, 5) is 27.3. The summed E-state index contributed by atoms with van der Waals surface area (Å²) in [6.45, 7) is 7.16. The first-order valence-corrected chi connectivity index (χ1v) is 13.3. The van der Waals surface area contributed by atoms with Crippen molar-refractivity contribution in [3.63, 3.8) is 0 Å². The van der Waals surface area contributed by atoms with Crippen molar-refractivity contribution < 1.29 is 33.3 Å². The van der Waals surface area contributed by atoms with Crippen molar-refractivity contribution in [2.45, 2.75) is 45.4 Å². The third-order valence-electron chi connectivity index (χ3n) is 7.09. The van der Waals surface area contributed by atoms with E-state index in [1.54, 1.807) is 14.2 Å². The number of carbonyl (C=O) groups excluding carboxylic acids is 2. The summed E-state index contributed by atoms with van der Waals surface area (Å²) in [5, 5.41) is 3.39. The summed E-state index contributed by atoms with van der Waals surface area (Å²) < 4.78 is 27.5. The number of rotatable bonds is 11. The number of Topliss-reactive ketones (excluding diaryl/α,β-unsaturated/α-hetero) is 1. The second kappa shape index (κ2) is 12.8. The van der Waals surface area contributed by atoms with Crippen molar-refractivity contribution in [1.82, 2.24) is 5.32 Å². The predicted octanol–water partition coefficient (Wildman–Crippen LogP) is 5.04. The molecule has 0 saturated heterocycles. The van der Waals surface area contributed by atoms with Gasteiger partial charge in [-0.2, -0.15) is 0 Å². The molecule has 0 bridgehead atoms. The zero-order valence-electron chi connectivity index (χ0n) is 23.3. The summed E-state index contributed by atoms with van der Waals surface area (Å²) in [7, 11) is 3.20. The van der Waals surface area contributed by atoms with Gasteiger partial charge in [-0.3, -0.25) is 4.79 Å². The molecule has 1 N–H and O–H groups in total. The molecule has 1 aliphatic carbocycles. The Kier molecular flexibility index (Phi) is 9.30. The summed E-state index contributed by atoms with van der Waals surface area (Å²) in [5.41, 5.74) is 4.32. The topological polar surface area (TPSA) is 92.3 Å². The van der Waals surface area contributed by atoms with Gasteiger partial charge >= 0.3 is 5.97 Å². The number of hydrogen-bond donors (Lipinski definition) is 1. The zero-order chi connectivity index (χ0) is 27.9. The average molecular weight is 536 g/mol. The van der Waals surface area contributed by atoms with Crippen LogP contribution in [0.5, 0.6) is 17.2 Å². The molecule has 4 rings (SSSR count). The number of methoxy groups -OCH3 is 2. The Balaban J connectivity index is 1.73. The highest BCUT2D eigenvalue weighted by atomic mass is 16.6. The summed E-state index contributed by atoms with van der Waals surface area (Å²) in [5.74, 6) is 0.850. The molecule has 2 aromatic carbocycles. The van der Waals surface area contributed by atoms with Crippen LogP contribution in [0.4, 0.5) is 0 Å². The van der Waals surface area contributed by atoms with Gasteiger partial charge in [-0.15, -0.1) is 0 Å². The number of ether oxygens (including phenoxy) is 5. The second-order valence-corrected chi connectivity index (χ2v) is 9.47. The molecule has 1 aliphatic heterocycles. The van der Waals surface area contributed by atoms with E-state index in [1.165, 1.54) is 0 Å². The third-order valence-corrected chi connectivity index (χ3v) is 7.09. The van der Waals surface area contributed by atoms with E-state index in [9.17, 15) is 9.59 Å². The lowest BCUT2D eigenvalue weighted by Crippen LogP contribution is -2.36. The molecule has 0 amide bonds. The van der Waals surface area contributed by atoms with Crippen molar-refractivity contribution in [3.05, 3.63) is 76.1 Å². The smallest absolute Gasteiger partial charge is 0.336 e. The number of ketones is 1. The molecule has 0 fully saturated rings. The lowest BCUT2D eigenvalue weighted by Gasteiger charge is -2.37. The van der Waals surface area contributed by atoms with Gasteiger partial charge in [0.05, 0.1) is 33.0 Å². The fourth-order valence-corrected chi connectivity index (χ4v) is 5.35. The number of carbonyl (C=O) groups is 2. The summed E-state index contributed by atoms with van der Waals surface area (Å²) in [6.07, 6.45) is 0.922. The van der Waals surface area contributed by atoms with Gasteiger partial charge in [-0.25, -0.2) is 4.79 Å². The predicted molar refractivity (Wildman–Crippen MR) is 147 cm³/mol. The zero-order valence-corrected chi connectivity index (χ0v) is 23.3. The van der Waals surface area contributed by atoms with Crippen LogP contribution in [0, 0.1) is 0 Å². The Hall–Kier alpha value is -3.78. The molecular weight excluding hydrogens is 498 g/mol. The van der Waals surface area contributed by atoms with E-state index >= 15 is 0 Å². The minimum absolute atomic E-state index is 0.0116. The van der Waals surface area contributed by atoms with Gasteiger partial charge in [0, 0.05) is 35.9 Å². The molecule has 8 heteroatoms. The fraction of sp³-hybridized carbons (Fsp3) is 0.419. The van der Waals surface area contributed by atoms with Crippen LogP contribution in [0.1, 0.15) is 56.6 Å². The molecule has 2 aromatic rings. The van der Waals surface area contributed by atoms with Crippen LogP contribution in [0.2, 0.25) is 0 Å². The van der Waals surface area contributed by atoms with Crippen molar-refractivity contribution in [3.8, 4) is 17.2 Å². The van der Waals surface area contributed by atoms with E-state index in [2.05, 4.69) is 5.32 Å². The Morgan fingerprint density at radius 1 is 0.949 bits per heavy atom. The molecule has 1 heterocycles. The molecule has 39 heavy (non-hydrogen) atoms. The maximum absolute atomic E-state index is 13.9. The Morgan fingerprint density at radius 3 is 2.46 bits per heavy atom. The first-order valence-electron chi connectivity index (χ1n) is 13.3. The van der Waals surface area contributed by atoms with Crippen LogP contribution in [0.25, 0.3) is 0 Å². The number of benzene rings is 2. The molecule has 0 radical (unpaired) electrons. The maximum Gasteiger partial charge on any atom is 0.336 e. The van der Waals surface area contributed by atoms with Crippen molar-refractivity contribution in [2.75, 3.05) is 40.6 Å². The van der Waals surface area contributed by atoms with Gasteiger partial charge in [-0.05, 0) is 68.5 Å². The first kappa shape index (κ1) is 28.2. The van der Waals surface area contributed by atoms with E-state index in [-0.39, 0.29) is 18.3 Å². The number of hydrogen-bond acceptors (Lipinski definition) is 8. The number of allylic oxidation sites excluding steroid dienone is 3. The highest BCUT2D eigenvalue weighted by Crippen LogP contribution is 2.47. The van der Waals surface area contributed by atoms with E-state index < -0.39 is 11.9 Å². The van der Waals surface area contributed by atoms with Gasteiger partial charge < -0.3 is 29.0 Å². The highest BCUT2D eigenvalue weighted by molar-refractivity contribution is 6.04. The largest absolute Gasteiger partial charge is 0.494 e. The van der Waals surface area contributed by atoms with E-state index in [4.69, 9.17) is 23.7 Å². The summed E-state index contributed by atoms with van der Waals surface area (Å²) in [6, 6.07) is 13.3. The lowest BCUT2D eigenvalue weighted by atomic mass is 9.71. The molecule has 0 unspecified atom stereocenters. The molecule has 0 aromatic heterocycles. The van der Waals surface area contributed by atoms with Gasteiger partial charge in [0.15, 0.2) is 17.3 Å². The molecule has 2 aliphatic rings. The average Bonchev–Trinajstić information content (AvgIpc) is 2.94. The summed E-state index contributed by atoms with van der Waals surface area (Å²) >= 11 is 0. The van der Waals surface area contributed by atoms with Crippen LogP contribution >= 0.6 is 0 Å². The third kappa shape index (κ3) is 6.11. The van der Waals surface area contributed by atoms with E-state index in [0.29, 0.717) is 66.8 Å². The second-order valence-electron chi connectivity index (χ2n) is 9.47. The van der Waals surface area contributed by atoms with Crippen molar-refractivity contribution >= 4 is 11.8 Å². The molecule has 8 nitrogen and oxygen atoms in total. The van der Waals surface area contributed by atoms with E-state index in [0.717, 1.165) is 16.8 Å². The van der Waals surface area contributed by atoms with Crippen molar-refractivity contribution in [1.29, 1.82) is 0 Å². The Morgan fingerprint density at radius 2 is 1.74 bits per heavy atom. The molecule has 0 saturated carbocycles. The highest BCUT2D eigenvalue weighted by Gasteiger charge is 2.41. The SMILES string of the molecule is CCOCCOC(=O)C1=C(C)NC2=C(C(=O)C[C@H](c3ccc(OC)c(OC)c3)C2)[C@H]1c1cccc(OCC)c1. The van der Waals surface area contributed by atoms with Crippen LogP contribution in [-0.4, -0.2) is 52.4 Å². The molecule has 208 valence electrons. The first-order chi connectivity index (χ1) is 18.9. The molecular formula is C31H37NO7. The number of nitrogens with one attached hydrogen (secondary N) is 1. The molecule has 0 spiro atoms. The normalized spacial score (nSPS) is 18.8. The van der Waals surface area contributed by atoms with Gasteiger partial charge in [-0.1, -0.05) is 18.2 Å². The van der Waals surface area contributed by atoms with Gasteiger partial charge in [0.1, 0.15) is 12.4 Å². The van der Waals surface area contributed by atoms with Crippen LogP contribution < -0.4 is 19.5 Å². The molecule has 2 atom stereocenters. The maximum atomic E-state index is 13.9. The quantitative estimate of drug-likeness (QED) is 0.316. The number of dihydropyridines is 1. The van der Waals surface area contributed by atoms with Crippen LogP contribution in [0.15, 0.2) is 65.0 Å². The van der Waals surface area contributed by atoms with Crippen LogP contribution in [-0.2, 0) is 19.1 Å².